The van der Waals surface area contributed by atoms with Crippen LogP contribution in [0.2, 0.25) is 0 Å². The van der Waals surface area contributed by atoms with E-state index < -0.39 is 63.5 Å². The Balaban J connectivity index is 1.39. The van der Waals surface area contributed by atoms with Gasteiger partial charge in [0, 0.05) is 35.9 Å². The van der Waals surface area contributed by atoms with Gasteiger partial charge in [0.15, 0.2) is 0 Å². The molecule has 0 saturated carbocycles. The molecule has 5 rings (SSSR count). The van der Waals surface area contributed by atoms with Crippen LogP contribution < -0.4 is 10.5 Å². The van der Waals surface area contributed by atoms with Crippen LogP contribution in [0.1, 0.15) is 29.2 Å². The van der Waals surface area contributed by atoms with E-state index in [2.05, 4.69) is 9.73 Å². The molecule has 220 valence electrons. The second-order valence-electron chi connectivity index (χ2n) is 9.79. The predicted molar refractivity (Wildman–Crippen MR) is 141 cm³/mol. The maximum absolute atomic E-state index is 15.0. The molecule has 0 bridgehead atoms. The van der Waals surface area contributed by atoms with E-state index in [0.717, 1.165) is 18.2 Å². The summed E-state index contributed by atoms with van der Waals surface area (Å²) in [5.41, 5.74) is 2.08. The number of nitrogens with two attached hydrogens (primary N) is 1. The van der Waals surface area contributed by atoms with Crippen LogP contribution >= 0.6 is 0 Å². The Morgan fingerprint density at radius 3 is 1.86 bits per heavy atom. The summed E-state index contributed by atoms with van der Waals surface area (Å²) >= 11 is 0. The highest BCUT2D eigenvalue weighted by molar-refractivity contribution is 5.68. The zero-order chi connectivity index (χ0) is 31.1. The second kappa shape index (κ2) is 11.5. The quantitative estimate of drug-likeness (QED) is 0.219. The Hall–Kier alpha value is -4.76. The number of hydrogen-bond donors (Lipinski definition) is 1. The summed E-state index contributed by atoms with van der Waals surface area (Å²) < 4.78 is 122. The minimum Gasteiger partial charge on any atom is -0.429 e. The van der Waals surface area contributed by atoms with Gasteiger partial charge in [0.1, 0.15) is 57.8 Å². The summed E-state index contributed by atoms with van der Waals surface area (Å²) in [6.45, 7) is 0.376. The molecule has 2 N–H and O–H groups in total. The molecular formula is C31H19F8N3O. The summed E-state index contributed by atoms with van der Waals surface area (Å²) in [5.74, 6) is -8.97. The lowest BCUT2D eigenvalue weighted by atomic mass is 9.96. The van der Waals surface area contributed by atoms with Crippen molar-refractivity contribution in [3.8, 4) is 34.1 Å². The van der Waals surface area contributed by atoms with Crippen LogP contribution in [0.3, 0.4) is 0 Å². The van der Waals surface area contributed by atoms with Gasteiger partial charge in [-0.1, -0.05) is 12.1 Å². The highest BCUT2D eigenvalue weighted by atomic mass is 19.3. The number of aliphatic imine (C=N–C) groups is 1. The number of nitrogens with zero attached hydrogens (tertiary/aromatic N) is 2. The van der Waals surface area contributed by atoms with E-state index in [0.29, 0.717) is 48.9 Å². The number of nitriles is 1. The van der Waals surface area contributed by atoms with E-state index in [4.69, 9.17) is 11.0 Å². The minimum atomic E-state index is -4.66. The fourth-order valence-corrected chi connectivity index (χ4v) is 4.82. The lowest BCUT2D eigenvalue weighted by Gasteiger charge is -2.20. The highest BCUT2D eigenvalue weighted by Gasteiger charge is 2.41. The average molecular weight is 601 g/mol. The van der Waals surface area contributed by atoms with E-state index in [1.807, 2.05) is 0 Å². The van der Waals surface area contributed by atoms with E-state index in [1.165, 1.54) is 18.2 Å². The van der Waals surface area contributed by atoms with Gasteiger partial charge in [-0.25, -0.2) is 26.3 Å². The Kier molecular flexibility index (Phi) is 7.94. The van der Waals surface area contributed by atoms with Crippen LogP contribution in [-0.4, -0.2) is 12.8 Å². The first kappa shape index (κ1) is 29.7. The Labute approximate surface area is 239 Å². The van der Waals surface area contributed by atoms with E-state index in [-0.39, 0.29) is 28.7 Å². The molecule has 1 aliphatic rings. The van der Waals surface area contributed by atoms with Crippen molar-refractivity contribution in [1.29, 1.82) is 5.26 Å². The second-order valence-corrected chi connectivity index (χ2v) is 9.79. The summed E-state index contributed by atoms with van der Waals surface area (Å²) in [5, 5.41) is 8.77. The predicted octanol–water partition coefficient (Wildman–Crippen LogP) is 7.95. The third-order valence-corrected chi connectivity index (χ3v) is 6.98. The van der Waals surface area contributed by atoms with E-state index in [1.54, 1.807) is 6.21 Å². The molecule has 4 aromatic carbocycles. The summed E-state index contributed by atoms with van der Waals surface area (Å²) in [4.78, 5) is 4.29. The van der Waals surface area contributed by atoms with Gasteiger partial charge in [0.2, 0.25) is 0 Å². The molecule has 0 aromatic heterocycles. The highest BCUT2D eigenvalue weighted by Crippen LogP contribution is 2.39. The number of hydrogen-bond acceptors (Lipinski definition) is 4. The van der Waals surface area contributed by atoms with Crippen molar-refractivity contribution in [3.05, 3.63) is 112 Å². The Morgan fingerprint density at radius 2 is 1.35 bits per heavy atom. The summed E-state index contributed by atoms with van der Waals surface area (Å²) in [7, 11) is 0. The van der Waals surface area contributed by atoms with Gasteiger partial charge in [-0.2, -0.15) is 14.0 Å². The lowest BCUT2D eigenvalue weighted by Crippen LogP contribution is -2.25. The molecule has 0 radical (unpaired) electrons. The van der Waals surface area contributed by atoms with Crippen LogP contribution in [0.5, 0.6) is 5.75 Å². The Bertz CT molecular complexity index is 1750. The molecule has 0 spiro atoms. The fraction of sp³-hybridized carbons (Fsp3) is 0.161. The zero-order valence-electron chi connectivity index (χ0n) is 21.8. The molecule has 0 saturated heterocycles. The Morgan fingerprint density at radius 1 is 0.791 bits per heavy atom. The van der Waals surface area contributed by atoms with Gasteiger partial charge in [0.05, 0.1) is 6.04 Å². The molecule has 1 unspecified atom stereocenters. The topological polar surface area (TPSA) is 71.4 Å². The van der Waals surface area contributed by atoms with Gasteiger partial charge < -0.3 is 10.5 Å². The maximum Gasteiger partial charge on any atom is 0.432 e. The molecule has 12 heteroatoms. The van der Waals surface area contributed by atoms with Crippen LogP contribution in [0, 0.1) is 52.2 Å². The molecule has 4 aromatic rings. The number of rotatable bonds is 7. The van der Waals surface area contributed by atoms with Crippen LogP contribution in [0.15, 0.2) is 65.7 Å². The van der Waals surface area contributed by atoms with Crippen molar-refractivity contribution in [1.82, 2.24) is 0 Å². The first-order valence-electron chi connectivity index (χ1n) is 12.7. The third kappa shape index (κ3) is 5.81. The largest absolute Gasteiger partial charge is 0.432 e. The average Bonchev–Trinajstić information content (AvgIpc) is 3.41. The molecule has 43 heavy (non-hydrogen) atoms. The first-order chi connectivity index (χ1) is 20.4. The molecule has 4 nitrogen and oxygen atoms in total. The van der Waals surface area contributed by atoms with Gasteiger partial charge >= 0.3 is 6.11 Å². The molecule has 0 fully saturated rings. The standard InChI is InChI=1S/C31H19F8N3O/c32-23-6-16(29-5-15(12-40)14-42-29)1-3-20(23)18-9-27(36)30(28(37)10-18)31(38,39)43-19-2-4-21(26(35)11-19)17-7-24(33)22(13-41)25(34)8-17/h1-4,6-11,14-15,29H,5,12,40H2/t15?,29-/m0/s1. The number of ether oxygens (including phenoxy) is 1. The molecule has 0 aliphatic carbocycles. The van der Waals surface area contributed by atoms with Crippen LogP contribution in [-0.2, 0) is 6.11 Å². The first-order valence-corrected chi connectivity index (χ1v) is 12.7. The minimum absolute atomic E-state index is 0.0403. The van der Waals surface area contributed by atoms with Crippen molar-refractivity contribution in [2.24, 2.45) is 16.6 Å². The molecule has 1 aliphatic heterocycles. The zero-order valence-corrected chi connectivity index (χ0v) is 21.8. The van der Waals surface area contributed by atoms with Crippen LogP contribution in [0.4, 0.5) is 35.1 Å². The molecule has 0 amide bonds. The molecule has 2 atom stereocenters. The number of halogens is 8. The van der Waals surface area contributed by atoms with Gasteiger partial charge in [-0.15, -0.1) is 0 Å². The van der Waals surface area contributed by atoms with E-state index in [9.17, 15) is 35.1 Å². The number of benzene rings is 4. The van der Waals surface area contributed by atoms with Gasteiger partial charge in [0.25, 0.3) is 0 Å². The molecule has 1 heterocycles. The SMILES string of the molecule is N#Cc1c(F)cc(-c2ccc(OC(F)(F)c3c(F)cc(-c4ccc([C@@H]5CC(CN)C=N5)cc4F)cc3F)cc2F)cc1F. The molecular weight excluding hydrogens is 582 g/mol. The lowest BCUT2D eigenvalue weighted by molar-refractivity contribution is -0.189. The number of alkyl halides is 2. The summed E-state index contributed by atoms with van der Waals surface area (Å²) in [6.07, 6.45) is -2.40. The smallest absolute Gasteiger partial charge is 0.429 e. The van der Waals surface area contributed by atoms with E-state index >= 15 is 0 Å². The third-order valence-electron chi connectivity index (χ3n) is 6.98. The van der Waals surface area contributed by atoms with Gasteiger partial charge in [-0.3, -0.25) is 4.99 Å². The van der Waals surface area contributed by atoms with Gasteiger partial charge in [-0.05, 0) is 65.6 Å². The monoisotopic (exact) mass is 601 g/mol. The van der Waals surface area contributed by atoms with Crippen LogP contribution in [0.25, 0.3) is 22.3 Å². The van der Waals surface area contributed by atoms with Crippen molar-refractivity contribution in [3.63, 3.8) is 0 Å². The van der Waals surface area contributed by atoms with Crippen molar-refractivity contribution in [2.75, 3.05) is 6.54 Å². The maximum atomic E-state index is 15.0. The van der Waals surface area contributed by atoms with Crippen molar-refractivity contribution < 1.29 is 39.9 Å². The van der Waals surface area contributed by atoms with Crippen molar-refractivity contribution in [2.45, 2.75) is 18.6 Å². The van der Waals surface area contributed by atoms with Crippen molar-refractivity contribution >= 4 is 6.21 Å². The fourth-order valence-electron chi connectivity index (χ4n) is 4.82. The summed E-state index contributed by atoms with van der Waals surface area (Å²) in [6, 6.07) is 9.37. The normalized spacial score (nSPS) is 16.4.